The monoisotopic (exact) mass is 231 g/mol. The Hall–Kier alpha value is -2.12. The molecule has 16 heavy (non-hydrogen) atoms. The van der Waals surface area contributed by atoms with Gasteiger partial charge in [0.1, 0.15) is 0 Å². The quantitative estimate of drug-likeness (QED) is 0.806. The zero-order valence-corrected chi connectivity index (χ0v) is 7.56. The zero-order valence-electron chi connectivity index (χ0n) is 7.56. The van der Waals surface area contributed by atoms with Gasteiger partial charge in [0.05, 0.1) is 5.56 Å². The molecule has 0 spiro atoms. The zero-order chi connectivity index (χ0) is 11.9. The Kier molecular flexibility index (Phi) is 2.07. The summed E-state index contributed by atoms with van der Waals surface area (Å²) in [5.74, 6) is -1.32. The number of carboxylic acids is 1. The van der Waals surface area contributed by atoms with E-state index in [1.165, 1.54) is 0 Å². The van der Waals surface area contributed by atoms with E-state index >= 15 is 0 Å². The normalized spacial score (nSPS) is 11.9. The summed E-state index contributed by atoms with van der Waals surface area (Å²) in [6.07, 6.45) is -3.21. The van der Waals surface area contributed by atoms with E-state index in [1.807, 2.05) is 0 Å². The molecular formula is C8H4F3N3O2. The number of rotatable bonds is 1. The molecule has 2 heterocycles. The average molecular weight is 231 g/mol. The third-order valence-corrected chi connectivity index (χ3v) is 1.86. The number of alkyl halides is 3. The number of hydrogen-bond donors (Lipinski definition) is 1. The first-order valence-electron chi connectivity index (χ1n) is 4.04. The molecular weight excluding hydrogens is 227 g/mol. The summed E-state index contributed by atoms with van der Waals surface area (Å²) < 4.78 is 37.6. The predicted octanol–water partition coefficient (Wildman–Crippen LogP) is 1.45. The molecule has 0 aromatic carbocycles. The van der Waals surface area contributed by atoms with Gasteiger partial charge in [-0.15, -0.1) is 0 Å². The molecule has 0 fully saturated rings. The highest BCUT2D eigenvalue weighted by Crippen LogP contribution is 2.28. The van der Waals surface area contributed by atoms with Crippen molar-refractivity contribution in [2.45, 2.75) is 6.18 Å². The van der Waals surface area contributed by atoms with Crippen LogP contribution < -0.4 is 0 Å². The summed E-state index contributed by atoms with van der Waals surface area (Å²) in [7, 11) is 0. The molecule has 8 heteroatoms. The second kappa shape index (κ2) is 3.19. The van der Waals surface area contributed by atoms with E-state index in [0.717, 1.165) is 10.6 Å². The van der Waals surface area contributed by atoms with Crippen molar-refractivity contribution in [3.05, 3.63) is 29.7 Å². The third kappa shape index (κ3) is 1.69. The number of nitrogens with zero attached hydrogens (tertiary/aromatic N) is 3. The molecule has 2 rings (SSSR count). The number of hydrogen-bond acceptors (Lipinski definition) is 3. The molecule has 2 aromatic heterocycles. The van der Waals surface area contributed by atoms with Crippen LogP contribution in [-0.4, -0.2) is 25.7 Å². The number of aromatic carboxylic acids is 1. The van der Waals surface area contributed by atoms with Gasteiger partial charge in [0.2, 0.25) is 0 Å². The van der Waals surface area contributed by atoms with Crippen LogP contribution in [0.5, 0.6) is 0 Å². The van der Waals surface area contributed by atoms with Gasteiger partial charge in [-0.25, -0.2) is 14.3 Å². The van der Waals surface area contributed by atoms with Crippen LogP contribution in [0.3, 0.4) is 0 Å². The Morgan fingerprint density at radius 2 is 2.12 bits per heavy atom. The van der Waals surface area contributed by atoms with Crippen LogP contribution in [0.4, 0.5) is 13.2 Å². The van der Waals surface area contributed by atoms with Crippen LogP contribution in [-0.2, 0) is 6.18 Å². The maximum absolute atomic E-state index is 12.3. The topological polar surface area (TPSA) is 67.5 Å². The molecule has 0 saturated heterocycles. The van der Waals surface area contributed by atoms with Gasteiger partial charge in [0.25, 0.3) is 0 Å². The van der Waals surface area contributed by atoms with Crippen molar-refractivity contribution in [1.29, 1.82) is 0 Å². The standard InChI is InChI=1S/C8H4F3N3O2/c9-8(10,11)4-2-12-6-1-5(7(15)16)13-14(6)3-4/h1-3H,(H,15,16). The summed E-state index contributed by atoms with van der Waals surface area (Å²) in [6.45, 7) is 0. The molecule has 0 atom stereocenters. The van der Waals surface area contributed by atoms with Crippen LogP contribution >= 0.6 is 0 Å². The maximum atomic E-state index is 12.3. The lowest BCUT2D eigenvalue weighted by Gasteiger charge is -2.04. The minimum absolute atomic E-state index is 0.0467. The van der Waals surface area contributed by atoms with Crippen molar-refractivity contribution in [3.8, 4) is 0 Å². The molecule has 0 aliphatic carbocycles. The van der Waals surface area contributed by atoms with Crippen LogP contribution in [0.15, 0.2) is 18.5 Å². The van der Waals surface area contributed by atoms with E-state index in [0.29, 0.717) is 12.4 Å². The molecule has 0 aliphatic rings. The minimum atomic E-state index is -4.53. The summed E-state index contributed by atoms with van der Waals surface area (Å²) in [5, 5.41) is 12.0. The molecule has 0 amide bonds. The summed E-state index contributed by atoms with van der Waals surface area (Å²) in [5.41, 5.74) is -1.29. The van der Waals surface area contributed by atoms with Gasteiger partial charge in [-0.1, -0.05) is 0 Å². The van der Waals surface area contributed by atoms with Gasteiger partial charge in [0.15, 0.2) is 11.3 Å². The van der Waals surface area contributed by atoms with Crippen molar-refractivity contribution in [2.75, 3.05) is 0 Å². The van der Waals surface area contributed by atoms with E-state index in [4.69, 9.17) is 5.11 Å². The summed E-state index contributed by atoms with van der Waals surface area (Å²) >= 11 is 0. The SMILES string of the molecule is O=C(O)c1cc2ncc(C(F)(F)F)cn2n1. The molecule has 0 bridgehead atoms. The molecule has 2 aromatic rings. The number of aromatic nitrogens is 3. The van der Waals surface area contributed by atoms with E-state index < -0.39 is 17.7 Å². The van der Waals surface area contributed by atoms with Gasteiger partial charge >= 0.3 is 12.1 Å². The van der Waals surface area contributed by atoms with Crippen LogP contribution in [0.25, 0.3) is 5.65 Å². The predicted molar refractivity (Wildman–Crippen MR) is 44.9 cm³/mol. The Morgan fingerprint density at radius 3 is 2.69 bits per heavy atom. The van der Waals surface area contributed by atoms with Gasteiger partial charge < -0.3 is 5.11 Å². The van der Waals surface area contributed by atoms with Gasteiger partial charge in [-0.2, -0.15) is 18.3 Å². The van der Waals surface area contributed by atoms with E-state index in [9.17, 15) is 18.0 Å². The largest absolute Gasteiger partial charge is 0.476 e. The van der Waals surface area contributed by atoms with Crippen molar-refractivity contribution >= 4 is 11.6 Å². The molecule has 0 aliphatic heterocycles. The maximum Gasteiger partial charge on any atom is 0.419 e. The lowest BCUT2D eigenvalue weighted by Crippen LogP contribution is -2.07. The first kappa shape index (κ1) is 10.4. The Labute approximate surface area is 86.1 Å². The van der Waals surface area contributed by atoms with Crippen molar-refractivity contribution in [3.63, 3.8) is 0 Å². The van der Waals surface area contributed by atoms with Crippen LogP contribution in [0.2, 0.25) is 0 Å². The average Bonchev–Trinajstić information content (AvgIpc) is 2.58. The van der Waals surface area contributed by atoms with Crippen LogP contribution in [0, 0.1) is 0 Å². The van der Waals surface area contributed by atoms with Crippen LogP contribution in [0.1, 0.15) is 16.1 Å². The molecule has 84 valence electrons. The second-order valence-corrected chi connectivity index (χ2v) is 2.98. The van der Waals surface area contributed by atoms with Crippen molar-refractivity contribution in [1.82, 2.24) is 14.6 Å². The molecule has 1 N–H and O–H groups in total. The van der Waals surface area contributed by atoms with Gasteiger partial charge in [-0.3, -0.25) is 0 Å². The third-order valence-electron chi connectivity index (χ3n) is 1.86. The number of carboxylic acid groups (broad SMARTS) is 1. The van der Waals surface area contributed by atoms with E-state index in [-0.39, 0.29) is 11.3 Å². The van der Waals surface area contributed by atoms with Crippen molar-refractivity contribution in [2.24, 2.45) is 0 Å². The van der Waals surface area contributed by atoms with Gasteiger partial charge in [-0.05, 0) is 0 Å². The number of halogens is 3. The van der Waals surface area contributed by atoms with E-state index in [1.54, 1.807) is 0 Å². The number of fused-ring (bicyclic) bond motifs is 1. The first-order chi connectivity index (χ1) is 7.38. The molecule has 0 unspecified atom stereocenters. The smallest absolute Gasteiger partial charge is 0.419 e. The fraction of sp³-hybridized carbons (Fsp3) is 0.125. The molecule has 0 saturated carbocycles. The summed E-state index contributed by atoms with van der Waals surface area (Å²) in [4.78, 5) is 14.0. The highest BCUT2D eigenvalue weighted by molar-refractivity contribution is 5.86. The fourth-order valence-corrected chi connectivity index (χ4v) is 1.13. The van der Waals surface area contributed by atoms with E-state index in [2.05, 4.69) is 10.1 Å². The fourth-order valence-electron chi connectivity index (χ4n) is 1.13. The molecule has 5 nitrogen and oxygen atoms in total. The highest BCUT2D eigenvalue weighted by atomic mass is 19.4. The molecule has 0 radical (unpaired) electrons. The second-order valence-electron chi connectivity index (χ2n) is 2.98. The number of carbonyl (C=O) groups is 1. The lowest BCUT2D eigenvalue weighted by molar-refractivity contribution is -0.138. The first-order valence-corrected chi connectivity index (χ1v) is 4.04. The van der Waals surface area contributed by atoms with Crippen molar-refractivity contribution < 1.29 is 23.1 Å². The highest BCUT2D eigenvalue weighted by Gasteiger charge is 2.31. The Balaban J connectivity index is 2.58. The summed E-state index contributed by atoms with van der Waals surface area (Å²) in [6, 6.07) is 1.09. The van der Waals surface area contributed by atoms with Gasteiger partial charge in [0, 0.05) is 18.5 Å². The Bertz CT molecular complexity index is 561. The Morgan fingerprint density at radius 1 is 1.44 bits per heavy atom. The minimum Gasteiger partial charge on any atom is -0.476 e. The lowest BCUT2D eigenvalue weighted by atomic mass is 10.3.